The topological polar surface area (TPSA) is 59.0 Å². The molecule has 2 rings (SSSR count). The van der Waals surface area contributed by atoms with Gasteiger partial charge in [0.25, 0.3) is 0 Å². The average Bonchev–Trinajstić information content (AvgIpc) is 2.46. The number of carboxylic acids is 1. The Labute approximate surface area is 133 Å². The molecule has 1 fully saturated rings. The zero-order valence-corrected chi connectivity index (χ0v) is 13.8. The molecule has 5 nitrogen and oxygen atoms in total. The first-order valence-corrected chi connectivity index (χ1v) is 7.78. The Morgan fingerprint density at radius 2 is 2.33 bits per heavy atom. The summed E-state index contributed by atoms with van der Waals surface area (Å²) in [6.45, 7) is 7.06. The number of hydrogen-bond donors (Lipinski definition) is 1. The molecule has 1 atom stereocenters. The van der Waals surface area contributed by atoms with Crippen LogP contribution in [0.4, 0.5) is 0 Å². The summed E-state index contributed by atoms with van der Waals surface area (Å²) >= 11 is 3.27. The lowest BCUT2D eigenvalue weighted by Crippen LogP contribution is -2.47. The van der Waals surface area contributed by atoms with Crippen molar-refractivity contribution in [2.75, 3.05) is 26.3 Å². The van der Waals surface area contributed by atoms with E-state index in [1.165, 1.54) is 0 Å². The smallest absolute Gasteiger partial charge is 0.339 e. The van der Waals surface area contributed by atoms with Gasteiger partial charge in [-0.25, -0.2) is 4.79 Å². The quantitative estimate of drug-likeness (QED) is 0.877. The van der Waals surface area contributed by atoms with Crippen LogP contribution in [0.3, 0.4) is 0 Å². The van der Waals surface area contributed by atoms with Crippen LogP contribution in [0.2, 0.25) is 0 Å². The first-order valence-electron chi connectivity index (χ1n) is 6.98. The minimum absolute atomic E-state index is 0.0357. The molecule has 1 heterocycles. The van der Waals surface area contributed by atoms with E-state index in [0.29, 0.717) is 29.5 Å². The molecule has 116 valence electrons. The molecule has 21 heavy (non-hydrogen) atoms. The highest BCUT2D eigenvalue weighted by Gasteiger charge is 2.23. The number of benzene rings is 1. The Hall–Kier alpha value is -1.11. The van der Waals surface area contributed by atoms with Crippen molar-refractivity contribution in [3.8, 4) is 5.75 Å². The molecule has 1 unspecified atom stereocenters. The standard InChI is InChI=1S/C15H20BrNO4/c1-10(2)17-5-6-20-12(8-17)9-21-14-4-3-11(16)7-13(14)15(18)19/h3-4,7,10,12H,5-6,8-9H2,1-2H3,(H,18,19). The summed E-state index contributed by atoms with van der Waals surface area (Å²) in [5.74, 6) is -0.629. The van der Waals surface area contributed by atoms with Crippen molar-refractivity contribution in [3.63, 3.8) is 0 Å². The molecule has 1 saturated heterocycles. The number of halogens is 1. The number of hydrogen-bond acceptors (Lipinski definition) is 4. The lowest BCUT2D eigenvalue weighted by atomic mass is 10.2. The first-order chi connectivity index (χ1) is 9.97. The van der Waals surface area contributed by atoms with E-state index in [1.807, 2.05) is 0 Å². The Bertz CT molecular complexity index is 506. The van der Waals surface area contributed by atoms with Gasteiger partial charge >= 0.3 is 5.97 Å². The molecule has 0 bridgehead atoms. The van der Waals surface area contributed by atoms with E-state index in [-0.39, 0.29) is 11.7 Å². The van der Waals surface area contributed by atoms with Crippen LogP contribution in [-0.2, 0) is 4.74 Å². The molecule has 0 aromatic heterocycles. The third-order valence-electron chi connectivity index (χ3n) is 3.50. The molecule has 0 amide bonds. The fraction of sp³-hybridized carbons (Fsp3) is 0.533. The van der Waals surface area contributed by atoms with Crippen molar-refractivity contribution in [1.82, 2.24) is 4.90 Å². The fourth-order valence-electron chi connectivity index (χ4n) is 2.29. The van der Waals surface area contributed by atoms with E-state index in [1.54, 1.807) is 18.2 Å². The maximum atomic E-state index is 11.2. The van der Waals surface area contributed by atoms with Crippen LogP contribution in [0.25, 0.3) is 0 Å². The van der Waals surface area contributed by atoms with E-state index in [2.05, 4.69) is 34.7 Å². The van der Waals surface area contributed by atoms with E-state index in [0.717, 1.165) is 13.1 Å². The molecule has 0 aliphatic carbocycles. The van der Waals surface area contributed by atoms with Gasteiger partial charge < -0.3 is 14.6 Å². The first kappa shape index (κ1) is 16.3. The Morgan fingerprint density at radius 1 is 1.57 bits per heavy atom. The third-order valence-corrected chi connectivity index (χ3v) is 3.99. The lowest BCUT2D eigenvalue weighted by Gasteiger charge is -2.35. The highest BCUT2D eigenvalue weighted by molar-refractivity contribution is 9.10. The number of carbonyl (C=O) groups is 1. The summed E-state index contributed by atoms with van der Waals surface area (Å²) in [4.78, 5) is 13.6. The van der Waals surface area contributed by atoms with Crippen LogP contribution in [0.15, 0.2) is 22.7 Å². The summed E-state index contributed by atoms with van der Waals surface area (Å²) in [5.41, 5.74) is 0.154. The normalized spacial score (nSPS) is 19.7. The minimum Gasteiger partial charge on any atom is -0.490 e. The van der Waals surface area contributed by atoms with Crippen molar-refractivity contribution in [3.05, 3.63) is 28.2 Å². The highest BCUT2D eigenvalue weighted by atomic mass is 79.9. The van der Waals surface area contributed by atoms with Crippen molar-refractivity contribution in [1.29, 1.82) is 0 Å². The fourth-order valence-corrected chi connectivity index (χ4v) is 2.65. The van der Waals surface area contributed by atoms with Crippen molar-refractivity contribution < 1.29 is 19.4 Å². The second-order valence-electron chi connectivity index (χ2n) is 5.34. The third kappa shape index (κ3) is 4.43. The lowest BCUT2D eigenvalue weighted by molar-refractivity contribution is -0.0565. The monoisotopic (exact) mass is 357 g/mol. The van der Waals surface area contributed by atoms with Gasteiger partial charge in [-0.05, 0) is 32.0 Å². The zero-order chi connectivity index (χ0) is 15.4. The van der Waals surface area contributed by atoms with Gasteiger partial charge in [-0.15, -0.1) is 0 Å². The summed E-state index contributed by atoms with van der Waals surface area (Å²) < 4.78 is 12.1. The molecular formula is C15H20BrNO4. The molecule has 0 spiro atoms. The van der Waals surface area contributed by atoms with E-state index in [4.69, 9.17) is 9.47 Å². The van der Waals surface area contributed by atoms with Crippen molar-refractivity contribution >= 4 is 21.9 Å². The number of rotatable bonds is 5. The molecule has 1 aliphatic rings. The number of nitrogens with zero attached hydrogens (tertiary/aromatic N) is 1. The molecule has 1 aliphatic heterocycles. The molecule has 1 aromatic rings. The van der Waals surface area contributed by atoms with Crippen molar-refractivity contribution in [2.45, 2.75) is 26.0 Å². The second kappa shape index (κ2) is 7.24. The zero-order valence-electron chi connectivity index (χ0n) is 12.2. The summed E-state index contributed by atoms with van der Waals surface area (Å²) in [7, 11) is 0. The number of morpholine rings is 1. The molecule has 6 heteroatoms. The van der Waals surface area contributed by atoms with Crippen LogP contribution < -0.4 is 4.74 Å². The van der Waals surface area contributed by atoms with Crippen molar-refractivity contribution in [2.24, 2.45) is 0 Å². The maximum absolute atomic E-state index is 11.2. The highest BCUT2D eigenvalue weighted by Crippen LogP contribution is 2.24. The number of carboxylic acid groups (broad SMARTS) is 1. The molecule has 0 radical (unpaired) electrons. The Balaban J connectivity index is 1.98. The van der Waals surface area contributed by atoms with Crippen LogP contribution >= 0.6 is 15.9 Å². The Kier molecular flexibility index (Phi) is 5.61. The van der Waals surface area contributed by atoms with E-state index >= 15 is 0 Å². The summed E-state index contributed by atoms with van der Waals surface area (Å²) in [5, 5.41) is 9.20. The van der Waals surface area contributed by atoms with E-state index < -0.39 is 5.97 Å². The minimum atomic E-state index is -1.00. The van der Waals surface area contributed by atoms with Gasteiger partial charge in [0, 0.05) is 23.6 Å². The van der Waals surface area contributed by atoms with Crippen LogP contribution in [0.5, 0.6) is 5.75 Å². The van der Waals surface area contributed by atoms with Crippen LogP contribution in [-0.4, -0.2) is 54.4 Å². The van der Waals surface area contributed by atoms with Gasteiger partial charge in [0.05, 0.1) is 6.61 Å². The van der Waals surface area contributed by atoms with Crippen LogP contribution in [0, 0.1) is 0 Å². The van der Waals surface area contributed by atoms with Gasteiger partial charge in [0.1, 0.15) is 24.0 Å². The summed E-state index contributed by atoms with van der Waals surface area (Å²) in [6, 6.07) is 5.44. The molecule has 1 N–H and O–H groups in total. The van der Waals surface area contributed by atoms with Gasteiger partial charge in [-0.2, -0.15) is 0 Å². The predicted molar refractivity (Wildman–Crippen MR) is 83.0 cm³/mol. The second-order valence-corrected chi connectivity index (χ2v) is 6.25. The average molecular weight is 358 g/mol. The molecule has 0 saturated carbocycles. The number of aromatic carboxylic acids is 1. The largest absolute Gasteiger partial charge is 0.490 e. The van der Waals surface area contributed by atoms with Gasteiger partial charge in [0.2, 0.25) is 0 Å². The maximum Gasteiger partial charge on any atom is 0.339 e. The number of ether oxygens (including phenoxy) is 2. The SMILES string of the molecule is CC(C)N1CCOC(COc2ccc(Br)cc2C(=O)O)C1. The van der Waals surface area contributed by atoms with E-state index in [9.17, 15) is 9.90 Å². The van der Waals surface area contributed by atoms with Gasteiger partial charge in [0.15, 0.2) is 0 Å². The molecular weight excluding hydrogens is 338 g/mol. The van der Waals surface area contributed by atoms with Crippen LogP contribution in [0.1, 0.15) is 24.2 Å². The van der Waals surface area contributed by atoms with Gasteiger partial charge in [-0.1, -0.05) is 15.9 Å². The predicted octanol–water partition coefficient (Wildman–Crippen LogP) is 2.64. The van der Waals surface area contributed by atoms with Gasteiger partial charge in [-0.3, -0.25) is 4.90 Å². The Morgan fingerprint density at radius 3 is 3.00 bits per heavy atom. The summed E-state index contributed by atoms with van der Waals surface area (Å²) in [6.07, 6.45) is -0.0357. The molecule has 1 aromatic carbocycles.